The fraction of sp³-hybridized carbons (Fsp3) is 0.318. The summed E-state index contributed by atoms with van der Waals surface area (Å²) in [6, 6.07) is 10.6. The van der Waals surface area contributed by atoms with Crippen molar-refractivity contribution in [3.63, 3.8) is 0 Å². The minimum atomic E-state index is -0.394. The molecular weight excluding hydrogens is 432 g/mol. The first-order valence-corrected chi connectivity index (χ1v) is 10.8. The number of carbonyl (C=O) groups is 1. The van der Waals surface area contributed by atoms with Crippen molar-refractivity contribution in [1.82, 2.24) is 29.2 Å². The summed E-state index contributed by atoms with van der Waals surface area (Å²) in [4.78, 5) is 31.9. The van der Waals surface area contributed by atoms with Crippen molar-refractivity contribution in [3.05, 3.63) is 58.1 Å². The number of benzene rings is 1. The normalized spacial score (nSPS) is 16.6. The van der Waals surface area contributed by atoms with Gasteiger partial charge in [0.25, 0.3) is 5.89 Å². The lowest BCUT2D eigenvalue weighted by atomic mass is 10.0. The van der Waals surface area contributed by atoms with Crippen molar-refractivity contribution >= 4 is 23.2 Å². The van der Waals surface area contributed by atoms with Crippen molar-refractivity contribution in [2.45, 2.75) is 26.3 Å². The van der Waals surface area contributed by atoms with Crippen LogP contribution in [0, 0.1) is 5.92 Å². The molecule has 1 saturated heterocycles. The second-order valence-electron chi connectivity index (χ2n) is 8.08. The van der Waals surface area contributed by atoms with Crippen molar-refractivity contribution in [3.8, 4) is 22.8 Å². The summed E-state index contributed by atoms with van der Waals surface area (Å²) in [5, 5.41) is 9.00. The number of likely N-dealkylation sites (tertiary alicyclic amines) is 1. The van der Waals surface area contributed by atoms with Gasteiger partial charge in [-0.2, -0.15) is 4.98 Å². The molecule has 9 nitrogen and oxygen atoms in total. The maximum Gasteiger partial charge on any atom is 0.350 e. The third kappa shape index (κ3) is 3.80. The predicted octanol–water partition coefficient (Wildman–Crippen LogP) is 3.12. The number of nitrogens with zero attached hydrogens (tertiary/aromatic N) is 6. The minimum absolute atomic E-state index is 0.107. The summed E-state index contributed by atoms with van der Waals surface area (Å²) >= 11 is 6.05. The van der Waals surface area contributed by atoms with Crippen LogP contribution in [0.3, 0.4) is 0 Å². The van der Waals surface area contributed by atoms with Gasteiger partial charge in [-0.1, -0.05) is 35.8 Å². The van der Waals surface area contributed by atoms with Crippen LogP contribution in [0.4, 0.5) is 0 Å². The zero-order valence-electron chi connectivity index (χ0n) is 17.4. The number of aromatic nitrogens is 5. The largest absolute Gasteiger partial charge is 0.350 e. The number of hydrogen-bond donors (Lipinski definition) is 0. The molecule has 164 valence electrons. The molecule has 0 saturated carbocycles. The van der Waals surface area contributed by atoms with E-state index in [1.54, 1.807) is 41.4 Å². The van der Waals surface area contributed by atoms with E-state index >= 15 is 0 Å². The zero-order chi connectivity index (χ0) is 22.2. The van der Waals surface area contributed by atoms with Gasteiger partial charge in [0.05, 0.1) is 5.56 Å². The Kier molecular flexibility index (Phi) is 5.26. The molecule has 0 spiro atoms. The summed E-state index contributed by atoms with van der Waals surface area (Å²) < 4.78 is 8.02. The molecule has 4 heterocycles. The summed E-state index contributed by atoms with van der Waals surface area (Å²) in [5.41, 5.74) is 1.17. The van der Waals surface area contributed by atoms with Crippen molar-refractivity contribution in [2.24, 2.45) is 5.92 Å². The van der Waals surface area contributed by atoms with Gasteiger partial charge in [-0.3, -0.25) is 4.79 Å². The SMILES string of the molecule is CC1CCCN(C(=O)Cn2nc3c(-c4nc(-c5cccc(Cl)c5)no4)cccn3c2=O)C1. The summed E-state index contributed by atoms with van der Waals surface area (Å²) in [6.07, 6.45) is 3.69. The highest BCUT2D eigenvalue weighted by Crippen LogP contribution is 2.26. The number of halogens is 1. The number of carbonyl (C=O) groups excluding carboxylic acids is 1. The molecular formula is C22H21ClN6O3. The lowest BCUT2D eigenvalue weighted by Crippen LogP contribution is -2.42. The Balaban J connectivity index is 1.47. The van der Waals surface area contributed by atoms with Gasteiger partial charge in [-0.05, 0) is 43.0 Å². The highest BCUT2D eigenvalue weighted by atomic mass is 35.5. The van der Waals surface area contributed by atoms with Gasteiger partial charge in [0.2, 0.25) is 11.7 Å². The molecule has 1 amide bonds. The van der Waals surface area contributed by atoms with Crippen LogP contribution in [0.2, 0.25) is 5.02 Å². The van der Waals surface area contributed by atoms with E-state index in [1.807, 2.05) is 6.07 Å². The number of hydrogen-bond acceptors (Lipinski definition) is 6. The number of piperidine rings is 1. The van der Waals surface area contributed by atoms with Crippen LogP contribution in [-0.2, 0) is 11.3 Å². The van der Waals surface area contributed by atoms with Crippen molar-refractivity contribution in [2.75, 3.05) is 13.1 Å². The number of amides is 1. The van der Waals surface area contributed by atoms with Gasteiger partial charge >= 0.3 is 5.69 Å². The highest BCUT2D eigenvalue weighted by Gasteiger charge is 2.23. The first kappa shape index (κ1) is 20.4. The average molecular weight is 453 g/mol. The molecule has 1 aliphatic rings. The first-order valence-electron chi connectivity index (χ1n) is 10.5. The van der Waals surface area contributed by atoms with E-state index in [2.05, 4.69) is 22.2 Å². The third-order valence-corrected chi connectivity index (χ3v) is 5.88. The second kappa shape index (κ2) is 8.23. The van der Waals surface area contributed by atoms with E-state index in [1.165, 1.54) is 9.08 Å². The van der Waals surface area contributed by atoms with E-state index in [9.17, 15) is 9.59 Å². The minimum Gasteiger partial charge on any atom is -0.341 e. The van der Waals surface area contributed by atoms with Gasteiger partial charge < -0.3 is 9.42 Å². The summed E-state index contributed by atoms with van der Waals surface area (Å²) in [5.74, 6) is 0.951. The molecule has 0 N–H and O–H groups in total. The summed E-state index contributed by atoms with van der Waals surface area (Å²) in [7, 11) is 0. The molecule has 3 aromatic heterocycles. The molecule has 0 aliphatic carbocycles. The smallest absolute Gasteiger partial charge is 0.341 e. The predicted molar refractivity (Wildman–Crippen MR) is 118 cm³/mol. The van der Waals surface area contributed by atoms with E-state index in [-0.39, 0.29) is 18.3 Å². The molecule has 4 aromatic rings. The van der Waals surface area contributed by atoms with Gasteiger partial charge in [-0.15, -0.1) is 5.10 Å². The van der Waals surface area contributed by atoms with Crippen LogP contribution in [0.15, 0.2) is 51.9 Å². The van der Waals surface area contributed by atoms with Crippen molar-refractivity contribution in [1.29, 1.82) is 0 Å². The van der Waals surface area contributed by atoms with Gasteiger partial charge in [0.1, 0.15) is 6.54 Å². The number of rotatable bonds is 4. The van der Waals surface area contributed by atoms with Crippen LogP contribution >= 0.6 is 11.6 Å². The maximum absolute atomic E-state index is 12.9. The van der Waals surface area contributed by atoms with E-state index in [4.69, 9.17) is 16.1 Å². The Hall–Kier alpha value is -3.46. The Morgan fingerprint density at radius 2 is 2.16 bits per heavy atom. The van der Waals surface area contributed by atoms with Gasteiger partial charge in [0.15, 0.2) is 5.65 Å². The molecule has 5 rings (SSSR count). The molecule has 1 atom stereocenters. The maximum atomic E-state index is 12.9. The lowest BCUT2D eigenvalue weighted by molar-refractivity contribution is -0.133. The van der Waals surface area contributed by atoms with Gasteiger partial charge in [0, 0.05) is 29.9 Å². The zero-order valence-corrected chi connectivity index (χ0v) is 18.2. The fourth-order valence-electron chi connectivity index (χ4n) is 4.03. The number of fused-ring (bicyclic) bond motifs is 1. The Bertz CT molecular complexity index is 1360. The van der Waals surface area contributed by atoms with E-state index < -0.39 is 5.69 Å². The molecule has 32 heavy (non-hydrogen) atoms. The van der Waals surface area contributed by atoms with Crippen LogP contribution in [0.1, 0.15) is 19.8 Å². The molecule has 0 bridgehead atoms. The van der Waals surface area contributed by atoms with Crippen LogP contribution in [0.25, 0.3) is 28.5 Å². The second-order valence-corrected chi connectivity index (χ2v) is 8.51. The van der Waals surface area contributed by atoms with Crippen molar-refractivity contribution < 1.29 is 9.32 Å². The fourth-order valence-corrected chi connectivity index (χ4v) is 4.22. The van der Waals surface area contributed by atoms with Crippen LogP contribution < -0.4 is 5.69 Å². The monoisotopic (exact) mass is 452 g/mol. The Morgan fingerprint density at radius 3 is 2.97 bits per heavy atom. The van der Waals surface area contributed by atoms with E-state index in [0.717, 1.165) is 12.8 Å². The molecule has 0 radical (unpaired) electrons. The summed E-state index contributed by atoms with van der Waals surface area (Å²) in [6.45, 7) is 3.44. The molecule has 1 aliphatic heterocycles. The standard InChI is InChI=1S/C22H21ClN6O3/c1-14-5-3-9-27(12-14)18(30)13-29-22(31)28-10-4-8-17(20(28)25-29)21-24-19(26-32-21)15-6-2-7-16(23)11-15/h2,4,6-8,10-11,14H,3,5,9,12-13H2,1H3. The van der Waals surface area contributed by atoms with E-state index in [0.29, 0.717) is 46.6 Å². The molecule has 1 unspecified atom stereocenters. The first-order chi connectivity index (χ1) is 15.5. The number of pyridine rings is 1. The van der Waals surface area contributed by atoms with Crippen LogP contribution in [-0.4, -0.2) is 48.2 Å². The Labute approximate surface area is 188 Å². The molecule has 1 aromatic carbocycles. The third-order valence-electron chi connectivity index (χ3n) is 5.64. The Morgan fingerprint density at radius 1 is 1.28 bits per heavy atom. The van der Waals surface area contributed by atoms with Gasteiger partial charge in [-0.25, -0.2) is 13.9 Å². The highest BCUT2D eigenvalue weighted by molar-refractivity contribution is 6.30. The average Bonchev–Trinajstić information content (AvgIpc) is 3.39. The topological polar surface area (TPSA) is 98.5 Å². The molecule has 10 heteroatoms. The quantitative estimate of drug-likeness (QED) is 0.471. The lowest BCUT2D eigenvalue weighted by Gasteiger charge is -2.30. The molecule has 1 fully saturated rings. The van der Waals surface area contributed by atoms with Crippen LogP contribution in [0.5, 0.6) is 0 Å².